The van der Waals surface area contributed by atoms with Gasteiger partial charge in [-0.05, 0) is 58.8 Å². The first-order valence-electron chi connectivity index (χ1n) is 8.62. The Bertz CT molecular complexity index is 840. The van der Waals surface area contributed by atoms with E-state index < -0.39 is 5.25 Å². The number of nitrogens with one attached hydrogen (secondary N) is 1. The lowest BCUT2D eigenvalue weighted by atomic mass is 10.1. The number of rotatable bonds is 5. The van der Waals surface area contributed by atoms with Crippen molar-refractivity contribution in [3.05, 3.63) is 63.7 Å². The Balaban J connectivity index is 1.62. The third-order valence-corrected chi connectivity index (χ3v) is 6.13. The molecule has 1 unspecified atom stereocenters. The number of carbonyl (C=O) groups excluding carboxylic acids is 2. The molecular formula is C20H20IN3O2S. The Kier molecular flexibility index (Phi) is 6.89. The fraction of sp³-hybridized carbons (Fsp3) is 0.250. The van der Waals surface area contributed by atoms with E-state index in [2.05, 4.69) is 32.9 Å². The molecule has 0 aliphatic carbocycles. The van der Waals surface area contributed by atoms with Gasteiger partial charge in [-0.3, -0.25) is 14.5 Å². The molecule has 2 amide bonds. The second kappa shape index (κ2) is 9.36. The van der Waals surface area contributed by atoms with Gasteiger partial charge in [-0.25, -0.2) is 4.99 Å². The fourth-order valence-electron chi connectivity index (χ4n) is 2.61. The van der Waals surface area contributed by atoms with E-state index in [-0.39, 0.29) is 18.2 Å². The van der Waals surface area contributed by atoms with Gasteiger partial charge in [-0.2, -0.15) is 0 Å². The maximum Gasteiger partial charge on any atom is 0.234 e. The first-order chi connectivity index (χ1) is 13.0. The van der Waals surface area contributed by atoms with Gasteiger partial charge in [-0.15, -0.1) is 0 Å². The Morgan fingerprint density at radius 2 is 1.93 bits per heavy atom. The van der Waals surface area contributed by atoms with Crippen molar-refractivity contribution in [2.24, 2.45) is 4.99 Å². The number of thioether (sulfide) groups is 1. The van der Waals surface area contributed by atoms with Crippen LogP contribution in [0.4, 0.5) is 5.69 Å². The number of halogens is 1. The van der Waals surface area contributed by atoms with E-state index in [9.17, 15) is 9.59 Å². The molecule has 1 aliphatic rings. The lowest BCUT2D eigenvalue weighted by Gasteiger charge is -2.28. The van der Waals surface area contributed by atoms with E-state index >= 15 is 0 Å². The van der Waals surface area contributed by atoms with Crippen LogP contribution in [0.1, 0.15) is 12.0 Å². The van der Waals surface area contributed by atoms with Gasteiger partial charge in [0.2, 0.25) is 11.8 Å². The Labute approximate surface area is 176 Å². The molecule has 3 rings (SSSR count). The average Bonchev–Trinajstić information content (AvgIpc) is 2.67. The van der Waals surface area contributed by atoms with Crippen molar-refractivity contribution < 1.29 is 9.59 Å². The zero-order valence-corrected chi connectivity index (χ0v) is 17.9. The predicted octanol–water partition coefficient (Wildman–Crippen LogP) is 3.60. The van der Waals surface area contributed by atoms with E-state index in [4.69, 9.17) is 0 Å². The molecule has 1 heterocycles. The van der Waals surface area contributed by atoms with Crippen LogP contribution in [-0.2, 0) is 16.0 Å². The summed E-state index contributed by atoms with van der Waals surface area (Å²) < 4.78 is 1.12. The van der Waals surface area contributed by atoms with E-state index in [0.29, 0.717) is 11.7 Å². The highest BCUT2D eigenvalue weighted by Crippen LogP contribution is 2.28. The largest absolute Gasteiger partial charge is 0.355 e. The number of aliphatic imine (C=N–C) groups is 1. The number of amides is 2. The van der Waals surface area contributed by atoms with Gasteiger partial charge in [0.25, 0.3) is 0 Å². The van der Waals surface area contributed by atoms with E-state index in [1.165, 1.54) is 22.2 Å². The number of hydrogen-bond donors (Lipinski definition) is 1. The van der Waals surface area contributed by atoms with Gasteiger partial charge < -0.3 is 5.32 Å². The molecule has 1 atom stereocenters. The maximum atomic E-state index is 12.5. The molecule has 0 aromatic heterocycles. The minimum Gasteiger partial charge on any atom is -0.355 e. The second-order valence-electron chi connectivity index (χ2n) is 6.16. The molecule has 0 spiro atoms. The summed E-state index contributed by atoms with van der Waals surface area (Å²) in [4.78, 5) is 30.9. The minimum absolute atomic E-state index is 0.0961. The van der Waals surface area contributed by atoms with Crippen molar-refractivity contribution in [1.29, 1.82) is 0 Å². The molecule has 0 radical (unpaired) electrons. The summed E-state index contributed by atoms with van der Waals surface area (Å²) in [6.45, 7) is 0.549. The topological polar surface area (TPSA) is 61.8 Å². The van der Waals surface area contributed by atoms with Crippen LogP contribution < -0.4 is 5.32 Å². The van der Waals surface area contributed by atoms with Gasteiger partial charge in [-0.1, -0.05) is 42.1 Å². The van der Waals surface area contributed by atoms with Gasteiger partial charge >= 0.3 is 0 Å². The zero-order valence-electron chi connectivity index (χ0n) is 14.9. The maximum absolute atomic E-state index is 12.5. The molecule has 1 N–H and O–H groups in total. The van der Waals surface area contributed by atoms with E-state index in [1.807, 2.05) is 54.6 Å². The Morgan fingerprint density at radius 1 is 1.22 bits per heavy atom. The van der Waals surface area contributed by atoms with Crippen molar-refractivity contribution in [3.63, 3.8) is 0 Å². The average molecular weight is 493 g/mol. The van der Waals surface area contributed by atoms with Gasteiger partial charge in [0.15, 0.2) is 5.17 Å². The van der Waals surface area contributed by atoms with Crippen LogP contribution in [0, 0.1) is 3.57 Å². The number of nitrogens with zero attached hydrogens (tertiary/aromatic N) is 2. The molecule has 1 saturated heterocycles. The Morgan fingerprint density at radius 3 is 2.63 bits per heavy atom. The highest BCUT2D eigenvalue weighted by molar-refractivity contribution is 14.1. The number of amidine groups is 1. The highest BCUT2D eigenvalue weighted by Gasteiger charge is 2.33. The second-order valence-corrected chi connectivity index (χ2v) is 8.58. The molecular weight excluding hydrogens is 473 g/mol. The van der Waals surface area contributed by atoms with Gasteiger partial charge in [0.05, 0.1) is 10.9 Å². The van der Waals surface area contributed by atoms with Crippen molar-refractivity contribution in [2.45, 2.75) is 18.1 Å². The molecule has 2 aromatic rings. The Hall–Kier alpha value is -1.87. The van der Waals surface area contributed by atoms with Crippen LogP contribution in [0.15, 0.2) is 59.6 Å². The van der Waals surface area contributed by atoms with Crippen molar-refractivity contribution in [3.8, 4) is 0 Å². The molecule has 5 nitrogen and oxygen atoms in total. The first-order valence-corrected chi connectivity index (χ1v) is 10.6. The van der Waals surface area contributed by atoms with Crippen LogP contribution in [0.3, 0.4) is 0 Å². The lowest BCUT2D eigenvalue weighted by Crippen LogP contribution is -2.45. The van der Waals surface area contributed by atoms with E-state index in [0.717, 1.165) is 15.7 Å². The van der Waals surface area contributed by atoms with Crippen LogP contribution in [0.5, 0.6) is 0 Å². The molecule has 7 heteroatoms. The normalized spacial score (nSPS) is 18.6. The molecule has 27 heavy (non-hydrogen) atoms. The molecule has 1 fully saturated rings. The van der Waals surface area contributed by atoms with Crippen LogP contribution in [0.2, 0.25) is 0 Å². The molecule has 0 saturated carbocycles. The summed E-state index contributed by atoms with van der Waals surface area (Å²) >= 11 is 3.57. The fourth-order valence-corrected chi connectivity index (χ4v) is 4.06. The number of carbonyl (C=O) groups is 2. The summed E-state index contributed by atoms with van der Waals surface area (Å²) in [5.41, 5.74) is 1.94. The molecule has 0 bridgehead atoms. The quantitative estimate of drug-likeness (QED) is 0.648. The third-order valence-electron chi connectivity index (χ3n) is 4.17. The summed E-state index contributed by atoms with van der Waals surface area (Å²) in [5.74, 6) is -0.214. The molecule has 1 aliphatic heterocycles. The summed E-state index contributed by atoms with van der Waals surface area (Å²) in [5, 5.41) is 3.04. The standard InChI is InChI=1S/C20H20IN3O2S/c1-24-18(25)13-17(19(26)22-12-11-14-5-3-2-4-6-14)27-20(24)23-16-9-7-15(21)8-10-16/h2-10,17H,11-13H2,1H3,(H,22,26). The smallest absolute Gasteiger partial charge is 0.234 e. The number of hydrogen-bond acceptors (Lipinski definition) is 4. The summed E-state index contributed by atoms with van der Waals surface area (Å²) in [7, 11) is 1.70. The van der Waals surface area contributed by atoms with Crippen LogP contribution >= 0.6 is 34.4 Å². The highest BCUT2D eigenvalue weighted by atomic mass is 127. The van der Waals surface area contributed by atoms with Crippen molar-refractivity contribution in [1.82, 2.24) is 10.2 Å². The minimum atomic E-state index is -0.452. The predicted molar refractivity (Wildman–Crippen MR) is 118 cm³/mol. The third kappa shape index (κ3) is 5.55. The van der Waals surface area contributed by atoms with Crippen molar-refractivity contribution >= 4 is 57.0 Å². The van der Waals surface area contributed by atoms with Gasteiger partial charge in [0.1, 0.15) is 0 Å². The lowest BCUT2D eigenvalue weighted by molar-refractivity contribution is -0.129. The van der Waals surface area contributed by atoms with Gasteiger partial charge in [0, 0.05) is 23.6 Å². The van der Waals surface area contributed by atoms with Crippen LogP contribution in [0.25, 0.3) is 0 Å². The summed E-state index contributed by atoms with van der Waals surface area (Å²) in [6, 6.07) is 17.7. The SMILES string of the molecule is CN1C(=O)CC(C(=O)NCCc2ccccc2)SC1=Nc1ccc(I)cc1. The zero-order chi connectivity index (χ0) is 19.2. The van der Waals surface area contributed by atoms with Crippen LogP contribution in [-0.4, -0.2) is 40.7 Å². The summed E-state index contributed by atoms with van der Waals surface area (Å²) in [6.07, 6.45) is 0.950. The number of benzene rings is 2. The molecule has 140 valence electrons. The van der Waals surface area contributed by atoms with E-state index in [1.54, 1.807) is 7.05 Å². The monoisotopic (exact) mass is 493 g/mol. The first kappa shape index (κ1) is 19.9. The van der Waals surface area contributed by atoms with Crippen molar-refractivity contribution in [2.75, 3.05) is 13.6 Å². The molecule has 2 aromatic carbocycles.